The molecule has 2 N–H and O–H groups in total. The normalized spacial score (nSPS) is 19.2. The van der Waals surface area contributed by atoms with Crippen LogP contribution in [0.2, 0.25) is 0 Å². The van der Waals surface area contributed by atoms with E-state index in [4.69, 9.17) is 4.74 Å². The Morgan fingerprint density at radius 1 is 1.36 bits per heavy atom. The van der Waals surface area contributed by atoms with Crippen LogP contribution in [0.4, 0.5) is 0 Å². The quantitative estimate of drug-likeness (QED) is 0.786. The number of piperidine rings is 1. The molecule has 1 aliphatic heterocycles. The molecule has 22 heavy (non-hydrogen) atoms. The summed E-state index contributed by atoms with van der Waals surface area (Å²) in [5, 5.41) is 6.25. The molecule has 1 aliphatic rings. The predicted octanol–water partition coefficient (Wildman–Crippen LogP) is 1.80. The molecule has 1 saturated heterocycles. The molecule has 0 aromatic heterocycles. The molecule has 1 amide bonds. The van der Waals surface area contributed by atoms with Crippen LogP contribution in [0.3, 0.4) is 0 Å². The zero-order chi connectivity index (χ0) is 15.8. The Morgan fingerprint density at radius 3 is 2.77 bits per heavy atom. The summed E-state index contributed by atoms with van der Waals surface area (Å²) in [7, 11) is 0. The Bertz CT molecular complexity index is 484. The standard InChI is InChI=1S/C17H24N2O3/c1-2-22-16(20)11-15(13-7-4-3-5-8-13)19-17(21)14-9-6-10-18-12-14/h3-5,7-8,14-15,18H,2,6,9-12H2,1H3,(H,19,21). The van der Waals surface area contributed by atoms with E-state index in [1.54, 1.807) is 6.92 Å². The summed E-state index contributed by atoms with van der Waals surface area (Å²) in [6.07, 6.45) is 2.05. The zero-order valence-corrected chi connectivity index (χ0v) is 13.0. The van der Waals surface area contributed by atoms with Crippen LogP contribution in [-0.2, 0) is 14.3 Å². The van der Waals surface area contributed by atoms with Crippen molar-refractivity contribution in [2.45, 2.75) is 32.2 Å². The minimum absolute atomic E-state index is 0.00496. The number of hydrogen-bond donors (Lipinski definition) is 2. The van der Waals surface area contributed by atoms with E-state index in [-0.39, 0.29) is 30.3 Å². The molecule has 1 heterocycles. The van der Waals surface area contributed by atoms with Crippen LogP contribution in [0, 0.1) is 5.92 Å². The summed E-state index contributed by atoms with van der Waals surface area (Å²) < 4.78 is 5.02. The van der Waals surface area contributed by atoms with Gasteiger partial charge in [0, 0.05) is 6.54 Å². The number of carbonyl (C=O) groups excluding carboxylic acids is 2. The summed E-state index contributed by atoms with van der Waals surface area (Å²) in [5.74, 6) is -0.314. The number of carbonyl (C=O) groups is 2. The minimum atomic E-state index is -0.338. The molecule has 1 aromatic carbocycles. The third-order valence-electron chi connectivity index (χ3n) is 3.86. The van der Waals surface area contributed by atoms with Crippen LogP contribution in [-0.4, -0.2) is 31.6 Å². The number of esters is 1. The topological polar surface area (TPSA) is 67.4 Å². The largest absolute Gasteiger partial charge is 0.466 e. The first-order valence-electron chi connectivity index (χ1n) is 7.92. The lowest BCUT2D eigenvalue weighted by atomic mass is 9.97. The van der Waals surface area contributed by atoms with Crippen molar-refractivity contribution in [3.8, 4) is 0 Å². The predicted molar refractivity (Wildman–Crippen MR) is 84.2 cm³/mol. The second-order valence-corrected chi connectivity index (χ2v) is 5.52. The first-order valence-corrected chi connectivity index (χ1v) is 7.92. The number of hydrogen-bond acceptors (Lipinski definition) is 4. The van der Waals surface area contributed by atoms with Gasteiger partial charge in [-0.1, -0.05) is 30.3 Å². The fourth-order valence-electron chi connectivity index (χ4n) is 2.69. The number of amides is 1. The number of rotatable bonds is 6. The first-order chi connectivity index (χ1) is 10.7. The lowest BCUT2D eigenvalue weighted by Crippen LogP contribution is -2.42. The molecule has 0 bridgehead atoms. The average molecular weight is 304 g/mol. The highest BCUT2D eigenvalue weighted by Crippen LogP contribution is 2.19. The van der Waals surface area contributed by atoms with Gasteiger partial charge in [0.15, 0.2) is 0 Å². The highest BCUT2D eigenvalue weighted by atomic mass is 16.5. The summed E-state index contributed by atoms with van der Waals surface area (Å²) >= 11 is 0. The van der Waals surface area contributed by atoms with Crippen molar-refractivity contribution < 1.29 is 14.3 Å². The van der Waals surface area contributed by atoms with Gasteiger partial charge in [0.05, 0.1) is 25.0 Å². The van der Waals surface area contributed by atoms with E-state index in [0.29, 0.717) is 13.2 Å². The van der Waals surface area contributed by atoms with Crippen LogP contribution in [0.15, 0.2) is 30.3 Å². The fourth-order valence-corrected chi connectivity index (χ4v) is 2.69. The number of ether oxygens (including phenoxy) is 1. The molecular weight excluding hydrogens is 280 g/mol. The first kappa shape index (κ1) is 16.5. The molecule has 0 saturated carbocycles. The maximum atomic E-state index is 12.4. The van der Waals surface area contributed by atoms with Crippen molar-refractivity contribution in [1.29, 1.82) is 0 Å². The molecule has 120 valence electrons. The van der Waals surface area contributed by atoms with Crippen LogP contribution in [0.25, 0.3) is 0 Å². The maximum absolute atomic E-state index is 12.4. The third kappa shape index (κ3) is 4.84. The average Bonchev–Trinajstić information content (AvgIpc) is 2.56. The van der Waals surface area contributed by atoms with Crippen molar-refractivity contribution in [2.75, 3.05) is 19.7 Å². The van der Waals surface area contributed by atoms with Gasteiger partial charge in [-0.25, -0.2) is 0 Å². The van der Waals surface area contributed by atoms with E-state index in [1.807, 2.05) is 30.3 Å². The van der Waals surface area contributed by atoms with Crippen molar-refractivity contribution in [1.82, 2.24) is 10.6 Å². The summed E-state index contributed by atoms with van der Waals surface area (Å²) in [5.41, 5.74) is 0.924. The smallest absolute Gasteiger partial charge is 0.308 e. The van der Waals surface area contributed by atoms with E-state index in [2.05, 4.69) is 10.6 Å². The highest BCUT2D eigenvalue weighted by molar-refractivity contribution is 5.80. The van der Waals surface area contributed by atoms with Gasteiger partial charge < -0.3 is 15.4 Å². The Labute approximate surface area is 131 Å². The second kappa shape index (κ2) is 8.54. The second-order valence-electron chi connectivity index (χ2n) is 5.52. The van der Waals surface area contributed by atoms with E-state index in [0.717, 1.165) is 24.9 Å². The Balaban J connectivity index is 2.03. The number of benzene rings is 1. The van der Waals surface area contributed by atoms with Crippen molar-refractivity contribution in [3.63, 3.8) is 0 Å². The van der Waals surface area contributed by atoms with Crippen LogP contribution < -0.4 is 10.6 Å². The SMILES string of the molecule is CCOC(=O)CC(NC(=O)C1CCCNC1)c1ccccc1. The van der Waals surface area contributed by atoms with E-state index < -0.39 is 0 Å². The van der Waals surface area contributed by atoms with Crippen LogP contribution in [0.5, 0.6) is 0 Å². The number of nitrogens with one attached hydrogen (secondary N) is 2. The Kier molecular flexibility index (Phi) is 6.40. The molecule has 1 fully saturated rings. The zero-order valence-electron chi connectivity index (χ0n) is 13.0. The molecule has 2 unspecified atom stereocenters. The molecule has 2 rings (SSSR count). The Morgan fingerprint density at radius 2 is 2.14 bits per heavy atom. The van der Waals surface area contributed by atoms with Crippen molar-refractivity contribution in [3.05, 3.63) is 35.9 Å². The van der Waals surface area contributed by atoms with Gasteiger partial charge in [-0.15, -0.1) is 0 Å². The van der Waals surface area contributed by atoms with Gasteiger partial charge in [0.1, 0.15) is 0 Å². The minimum Gasteiger partial charge on any atom is -0.466 e. The van der Waals surface area contributed by atoms with E-state index in [9.17, 15) is 9.59 Å². The maximum Gasteiger partial charge on any atom is 0.308 e. The molecule has 0 spiro atoms. The van der Waals surface area contributed by atoms with E-state index >= 15 is 0 Å². The van der Waals surface area contributed by atoms with Crippen LogP contribution >= 0.6 is 0 Å². The molecule has 1 aromatic rings. The molecule has 2 atom stereocenters. The highest BCUT2D eigenvalue weighted by Gasteiger charge is 2.25. The van der Waals surface area contributed by atoms with Gasteiger partial charge in [-0.05, 0) is 31.9 Å². The van der Waals surface area contributed by atoms with Crippen molar-refractivity contribution in [2.24, 2.45) is 5.92 Å². The summed E-state index contributed by atoms with van der Waals surface area (Å²) in [6.45, 7) is 3.80. The lowest BCUT2D eigenvalue weighted by Gasteiger charge is -2.25. The lowest BCUT2D eigenvalue weighted by molar-refractivity contribution is -0.144. The summed E-state index contributed by atoms with van der Waals surface area (Å²) in [6, 6.07) is 9.23. The summed E-state index contributed by atoms with van der Waals surface area (Å²) in [4.78, 5) is 24.2. The van der Waals surface area contributed by atoms with Gasteiger partial charge >= 0.3 is 5.97 Å². The van der Waals surface area contributed by atoms with Crippen LogP contribution in [0.1, 0.15) is 37.8 Å². The monoisotopic (exact) mass is 304 g/mol. The molecule has 5 nitrogen and oxygen atoms in total. The molecular formula is C17H24N2O3. The third-order valence-corrected chi connectivity index (χ3v) is 3.86. The Hall–Kier alpha value is -1.88. The molecule has 0 aliphatic carbocycles. The molecule has 5 heteroatoms. The van der Waals surface area contributed by atoms with E-state index in [1.165, 1.54) is 0 Å². The van der Waals surface area contributed by atoms with Gasteiger partial charge in [0.25, 0.3) is 0 Å². The van der Waals surface area contributed by atoms with Gasteiger partial charge in [0.2, 0.25) is 5.91 Å². The fraction of sp³-hybridized carbons (Fsp3) is 0.529. The van der Waals surface area contributed by atoms with Gasteiger partial charge in [-0.3, -0.25) is 9.59 Å². The van der Waals surface area contributed by atoms with Gasteiger partial charge in [-0.2, -0.15) is 0 Å². The molecule has 0 radical (unpaired) electrons. The van der Waals surface area contributed by atoms with Crippen molar-refractivity contribution >= 4 is 11.9 Å².